The highest BCUT2D eigenvalue weighted by Crippen LogP contribution is 2.36. The van der Waals surface area contributed by atoms with Gasteiger partial charge in [-0.1, -0.05) is 11.6 Å². The number of amides is 1. The highest BCUT2D eigenvalue weighted by atomic mass is 35.5. The zero-order valence-corrected chi connectivity index (χ0v) is 17.2. The number of nitrogens with one attached hydrogen (secondary N) is 2. The van der Waals surface area contributed by atoms with E-state index < -0.39 is 38.4 Å². The minimum atomic E-state index is -3.79. The van der Waals surface area contributed by atoms with Crippen LogP contribution in [0.15, 0.2) is 35.2 Å². The molecule has 2 aromatic rings. The molecule has 2 aliphatic rings. The number of sulfone groups is 1. The van der Waals surface area contributed by atoms with Gasteiger partial charge in [-0.05, 0) is 43.9 Å². The summed E-state index contributed by atoms with van der Waals surface area (Å²) >= 11 is 6.14. The summed E-state index contributed by atoms with van der Waals surface area (Å²) in [5.41, 5.74) is -0.356. The number of fused-ring (bicyclic) bond motifs is 2. The van der Waals surface area contributed by atoms with E-state index in [0.717, 1.165) is 18.9 Å². The molecule has 2 N–H and O–H groups in total. The molecule has 2 saturated heterocycles. The number of carbonyl (C=O) groups is 1. The monoisotopic (exact) mass is 458 g/mol. The number of halogens is 4. The summed E-state index contributed by atoms with van der Waals surface area (Å²) in [5, 5.41) is 5.01. The lowest BCUT2D eigenvalue weighted by Crippen LogP contribution is -2.43. The quantitative estimate of drug-likeness (QED) is 0.677. The van der Waals surface area contributed by atoms with Crippen LogP contribution in [0, 0.1) is 17.5 Å². The number of carbonyl (C=O) groups excluding carboxylic acids is 1. The van der Waals surface area contributed by atoms with Crippen LogP contribution < -0.4 is 10.6 Å². The molecule has 3 atom stereocenters. The zero-order chi connectivity index (χ0) is 21.6. The lowest BCUT2D eigenvalue weighted by molar-refractivity contribution is 0.102. The Morgan fingerprint density at radius 2 is 1.63 bits per heavy atom. The van der Waals surface area contributed by atoms with Gasteiger partial charge in [-0.15, -0.1) is 0 Å². The van der Waals surface area contributed by atoms with E-state index in [-0.39, 0.29) is 33.3 Å². The largest absolute Gasteiger partial charge is 0.322 e. The van der Waals surface area contributed by atoms with Crippen molar-refractivity contribution in [3.05, 3.63) is 58.4 Å². The summed E-state index contributed by atoms with van der Waals surface area (Å²) < 4.78 is 66.2. The molecular weight excluding hydrogens is 441 g/mol. The van der Waals surface area contributed by atoms with Gasteiger partial charge in [0.1, 0.15) is 0 Å². The predicted octanol–water partition coefficient (Wildman–Crippen LogP) is 4.07. The lowest BCUT2D eigenvalue weighted by Gasteiger charge is -2.29. The van der Waals surface area contributed by atoms with Crippen LogP contribution in [-0.4, -0.2) is 31.7 Å². The maximum absolute atomic E-state index is 13.4. The number of benzene rings is 2. The van der Waals surface area contributed by atoms with Crippen molar-refractivity contribution in [2.45, 2.75) is 47.9 Å². The molecule has 30 heavy (non-hydrogen) atoms. The fourth-order valence-corrected chi connectivity index (χ4v) is 6.53. The second-order valence-corrected chi connectivity index (χ2v) is 10.2. The Balaban J connectivity index is 1.61. The molecule has 2 fully saturated rings. The van der Waals surface area contributed by atoms with E-state index in [1.807, 2.05) is 0 Å². The smallest absolute Gasteiger partial charge is 0.255 e. The van der Waals surface area contributed by atoms with Crippen LogP contribution in [0.3, 0.4) is 0 Å². The second kappa shape index (κ2) is 7.86. The van der Waals surface area contributed by atoms with Crippen molar-refractivity contribution in [3.8, 4) is 0 Å². The van der Waals surface area contributed by atoms with Crippen molar-refractivity contribution in [3.63, 3.8) is 0 Å². The molecule has 4 rings (SSSR count). The van der Waals surface area contributed by atoms with E-state index in [1.165, 1.54) is 12.1 Å². The van der Waals surface area contributed by atoms with Crippen LogP contribution in [0.4, 0.5) is 18.9 Å². The molecule has 0 aliphatic carbocycles. The van der Waals surface area contributed by atoms with E-state index in [4.69, 9.17) is 11.6 Å². The summed E-state index contributed by atoms with van der Waals surface area (Å²) in [6.45, 7) is 0. The van der Waals surface area contributed by atoms with Gasteiger partial charge in [0.15, 0.2) is 27.3 Å². The summed E-state index contributed by atoms with van der Waals surface area (Å²) in [7, 11) is -3.79. The third kappa shape index (κ3) is 3.93. The Morgan fingerprint density at radius 1 is 1.03 bits per heavy atom. The number of rotatable bonds is 4. The molecule has 5 nitrogen and oxygen atoms in total. The van der Waals surface area contributed by atoms with Gasteiger partial charge in [0, 0.05) is 35.5 Å². The number of anilines is 1. The van der Waals surface area contributed by atoms with Gasteiger partial charge in [-0.2, -0.15) is 0 Å². The maximum Gasteiger partial charge on any atom is 0.255 e. The molecule has 0 radical (unpaired) electrons. The molecule has 0 saturated carbocycles. The SMILES string of the molecule is O=C(Nc1cc(F)c(F)c(F)c1)c1ccc(Cl)c(S(=O)(=O)[C@@H]2CC3CC[C@@H](C2)N3)c1. The molecule has 0 aromatic heterocycles. The molecule has 2 aromatic carbocycles. The van der Waals surface area contributed by atoms with Gasteiger partial charge in [0.25, 0.3) is 5.91 Å². The predicted molar refractivity (Wildman–Crippen MR) is 106 cm³/mol. The van der Waals surface area contributed by atoms with Crippen molar-refractivity contribution in [2.24, 2.45) is 0 Å². The lowest BCUT2D eigenvalue weighted by atomic mass is 10.1. The van der Waals surface area contributed by atoms with E-state index in [1.54, 1.807) is 0 Å². The van der Waals surface area contributed by atoms with E-state index in [2.05, 4.69) is 10.6 Å². The third-order valence-corrected chi connectivity index (χ3v) is 8.27. The van der Waals surface area contributed by atoms with Crippen molar-refractivity contribution >= 4 is 33.0 Å². The normalized spacial score (nSPS) is 23.4. The van der Waals surface area contributed by atoms with Gasteiger partial charge >= 0.3 is 0 Å². The number of hydrogen-bond acceptors (Lipinski definition) is 4. The van der Waals surface area contributed by atoms with E-state index in [0.29, 0.717) is 25.0 Å². The summed E-state index contributed by atoms with van der Waals surface area (Å²) in [6.07, 6.45) is 2.80. The Bertz CT molecular complexity index is 1090. The average Bonchev–Trinajstić information content (AvgIpc) is 3.03. The molecule has 2 bridgehead atoms. The van der Waals surface area contributed by atoms with E-state index in [9.17, 15) is 26.4 Å². The highest BCUT2D eigenvalue weighted by molar-refractivity contribution is 7.92. The molecule has 10 heteroatoms. The first-order valence-electron chi connectivity index (χ1n) is 9.40. The van der Waals surface area contributed by atoms with Crippen molar-refractivity contribution in [2.75, 3.05) is 5.32 Å². The molecule has 0 spiro atoms. The van der Waals surface area contributed by atoms with Crippen molar-refractivity contribution in [1.82, 2.24) is 5.32 Å². The Hall–Kier alpha value is -2.10. The standard InChI is InChI=1S/C20H18ClF3N2O3S/c21-15-4-1-10(20(27)26-13-8-16(22)19(24)17(23)9-13)5-18(15)30(28,29)14-6-11-2-3-12(7-14)25-11/h1,4-5,8-9,11-12,14,25H,2-3,6-7H2,(H,26,27)/t11-,12?,14-/m0/s1. The Morgan fingerprint density at radius 3 is 2.23 bits per heavy atom. The summed E-state index contributed by atoms with van der Waals surface area (Å²) in [5.74, 6) is -5.36. The van der Waals surface area contributed by atoms with Crippen LogP contribution in [0.1, 0.15) is 36.0 Å². The maximum atomic E-state index is 13.4. The van der Waals surface area contributed by atoms with Gasteiger partial charge in [0.2, 0.25) is 0 Å². The van der Waals surface area contributed by atoms with Crippen LogP contribution in [0.2, 0.25) is 5.02 Å². The zero-order valence-electron chi connectivity index (χ0n) is 15.6. The third-order valence-electron chi connectivity index (χ3n) is 5.61. The van der Waals surface area contributed by atoms with Gasteiger partial charge < -0.3 is 10.6 Å². The molecule has 160 valence electrons. The fourth-order valence-electron chi connectivity index (χ4n) is 4.13. The molecule has 1 amide bonds. The summed E-state index contributed by atoms with van der Waals surface area (Å²) in [4.78, 5) is 12.4. The van der Waals surface area contributed by atoms with Crippen molar-refractivity contribution in [1.29, 1.82) is 0 Å². The Kier molecular flexibility index (Phi) is 5.54. The van der Waals surface area contributed by atoms with Crippen LogP contribution in [0.5, 0.6) is 0 Å². The molecule has 2 aliphatic heterocycles. The molecule has 2 heterocycles. The minimum Gasteiger partial charge on any atom is -0.322 e. The van der Waals surface area contributed by atoms with E-state index >= 15 is 0 Å². The first kappa shape index (κ1) is 21.1. The van der Waals surface area contributed by atoms with Crippen LogP contribution in [0.25, 0.3) is 0 Å². The summed E-state index contributed by atoms with van der Waals surface area (Å²) in [6, 6.07) is 5.33. The highest BCUT2D eigenvalue weighted by Gasteiger charge is 2.41. The topological polar surface area (TPSA) is 75.3 Å². The fraction of sp³-hybridized carbons (Fsp3) is 0.350. The van der Waals surface area contributed by atoms with Gasteiger partial charge in [-0.3, -0.25) is 4.79 Å². The van der Waals surface area contributed by atoms with Crippen LogP contribution in [-0.2, 0) is 9.84 Å². The van der Waals surface area contributed by atoms with Gasteiger partial charge in [-0.25, -0.2) is 21.6 Å². The Labute approximate surface area is 176 Å². The van der Waals surface area contributed by atoms with Crippen LogP contribution >= 0.6 is 11.6 Å². The number of hydrogen-bond donors (Lipinski definition) is 2. The first-order chi connectivity index (χ1) is 14.1. The molecule has 1 unspecified atom stereocenters. The average molecular weight is 459 g/mol. The van der Waals surface area contributed by atoms with Crippen molar-refractivity contribution < 1.29 is 26.4 Å². The minimum absolute atomic E-state index is 0.00343. The number of piperidine rings is 1. The molecular formula is C20H18ClF3N2O3S. The second-order valence-electron chi connectivity index (χ2n) is 7.63. The van der Waals surface area contributed by atoms with Gasteiger partial charge in [0.05, 0.1) is 15.2 Å². The first-order valence-corrected chi connectivity index (χ1v) is 11.3.